The summed E-state index contributed by atoms with van der Waals surface area (Å²) >= 11 is 2.04. The molecule has 1 atom stereocenters. The highest BCUT2D eigenvalue weighted by molar-refractivity contribution is 7.99. The summed E-state index contributed by atoms with van der Waals surface area (Å²) in [5.41, 5.74) is 0. The average Bonchev–Trinajstić information content (AvgIpc) is 1.95. The van der Waals surface area contributed by atoms with Gasteiger partial charge in [0, 0.05) is 5.25 Å². The number of rotatable bonds is 4. The van der Waals surface area contributed by atoms with Gasteiger partial charge < -0.3 is 5.11 Å². The summed E-state index contributed by atoms with van der Waals surface area (Å²) in [5, 5.41) is 9.79. The van der Waals surface area contributed by atoms with Gasteiger partial charge in [0.2, 0.25) is 0 Å². The van der Waals surface area contributed by atoms with Crippen LogP contribution < -0.4 is 0 Å². The van der Waals surface area contributed by atoms with Crippen LogP contribution in [0.15, 0.2) is 0 Å². The standard InChI is InChI=1S/C9H18OS/c1-3-7(2)6-11-9-4-8(10)5-9/h7-10H,3-6H2,1-2H3/t7-,8?,9?/m0/s1. The van der Waals surface area contributed by atoms with Crippen molar-refractivity contribution in [3.63, 3.8) is 0 Å². The van der Waals surface area contributed by atoms with Gasteiger partial charge in [-0.1, -0.05) is 20.3 Å². The lowest BCUT2D eigenvalue weighted by molar-refractivity contribution is 0.101. The van der Waals surface area contributed by atoms with Crippen LogP contribution in [-0.4, -0.2) is 22.2 Å². The fourth-order valence-electron chi connectivity index (χ4n) is 1.09. The molecule has 0 heterocycles. The Labute approximate surface area is 73.6 Å². The fourth-order valence-corrected chi connectivity index (χ4v) is 2.65. The van der Waals surface area contributed by atoms with Gasteiger partial charge in [0.15, 0.2) is 0 Å². The number of hydrogen-bond donors (Lipinski definition) is 1. The van der Waals surface area contributed by atoms with E-state index < -0.39 is 0 Å². The molecule has 0 amide bonds. The monoisotopic (exact) mass is 174 g/mol. The van der Waals surface area contributed by atoms with Crippen LogP contribution in [0.4, 0.5) is 0 Å². The van der Waals surface area contributed by atoms with E-state index in [0.29, 0.717) is 0 Å². The van der Waals surface area contributed by atoms with E-state index in [1.165, 1.54) is 12.2 Å². The summed E-state index contributed by atoms with van der Waals surface area (Å²) in [7, 11) is 0. The predicted octanol–water partition coefficient (Wildman–Crippen LogP) is 2.29. The van der Waals surface area contributed by atoms with Crippen molar-refractivity contribution in [3.8, 4) is 0 Å². The van der Waals surface area contributed by atoms with Gasteiger partial charge in [-0.25, -0.2) is 0 Å². The lowest BCUT2D eigenvalue weighted by atomic mass is 9.96. The van der Waals surface area contributed by atoms with Gasteiger partial charge in [0.1, 0.15) is 0 Å². The van der Waals surface area contributed by atoms with E-state index in [-0.39, 0.29) is 6.10 Å². The molecule has 1 fully saturated rings. The zero-order valence-electron chi connectivity index (χ0n) is 7.42. The molecule has 1 aliphatic carbocycles. The van der Waals surface area contributed by atoms with Crippen molar-refractivity contribution in [2.45, 2.75) is 44.5 Å². The Kier molecular flexibility index (Phi) is 3.73. The van der Waals surface area contributed by atoms with Crippen LogP contribution in [0.25, 0.3) is 0 Å². The van der Waals surface area contributed by atoms with Gasteiger partial charge in [0.25, 0.3) is 0 Å². The summed E-state index contributed by atoms with van der Waals surface area (Å²) in [4.78, 5) is 0. The Morgan fingerprint density at radius 2 is 2.18 bits per heavy atom. The second-order valence-electron chi connectivity index (χ2n) is 3.59. The summed E-state index contributed by atoms with van der Waals surface area (Å²) in [6.45, 7) is 4.53. The molecule has 1 saturated carbocycles. The van der Waals surface area contributed by atoms with Crippen LogP contribution in [0.3, 0.4) is 0 Å². The lowest BCUT2D eigenvalue weighted by Crippen LogP contribution is -2.31. The zero-order valence-corrected chi connectivity index (χ0v) is 8.23. The molecule has 0 unspecified atom stereocenters. The summed E-state index contributed by atoms with van der Waals surface area (Å²) < 4.78 is 0. The highest BCUT2D eigenvalue weighted by atomic mass is 32.2. The number of hydrogen-bond acceptors (Lipinski definition) is 2. The lowest BCUT2D eigenvalue weighted by Gasteiger charge is -2.31. The van der Waals surface area contributed by atoms with Gasteiger partial charge >= 0.3 is 0 Å². The molecule has 0 bridgehead atoms. The third-order valence-corrected chi connectivity index (χ3v) is 4.00. The maximum absolute atomic E-state index is 9.03. The molecule has 2 heteroatoms. The normalized spacial score (nSPS) is 33.0. The minimum absolute atomic E-state index is 0.0180. The molecule has 0 aromatic heterocycles. The fraction of sp³-hybridized carbons (Fsp3) is 1.00. The Hall–Kier alpha value is 0.310. The van der Waals surface area contributed by atoms with Gasteiger partial charge in [0.05, 0.1) is 6.10 Å². The van der Waals surface area contributed by atoms with Gasteiger partial charge in [-0.3, -0.25) is 0 Å². The molecule has 1 nitrogen and oxygen atoms in total. The Morgan fingerprint density at radius 3 is 2.64 bits per heavy atom. The van der Waals surface area contributed by atoms with Crippen LogP contribution in [0.1, 0.15) is 33.1 Å². The molecule has 0 aliphatic heterocycles. The molecule has 1 rings (SSSR count). The summed E-state index contributed by atoms with van der Waals surface area (Å²) in [5.74, 6) is 2.12. The quantitative estimate of drug-likeness (QED) is 0.705. The van der Waals surface area contributed by atoms with Crippen LogP contribution >= 0.6 is 11.8 Å². The van der Waals surface area contributed by atoms with E-state index in [4.69, 9.17) is 5.11 Å². The molecule has 0 saturated heterocycles. The second-order valence-corrected chi connectivity index (χ2v) is 4.93. The van der Waals surface area contributed by atoms with Crippen molar-refractivity contribution < 1.29 is 5.11 Å². The molecule has 11 heavy (non-hydrogen) atoms. The molecule has 1 N–H and O–H groups in total. The molecule has 0 aromatic rings. The van der Waals surface area contributed by atoms with Crippen molar-refractivity contribution in [2.24, 2.45) is 5.92 Å². The zero-order chi connectivity index (χ0) is 8.27. The number of aliphatic hydroxyl groups is 1. The van der Waals surface area contributed by atoms with E-state index in [1.54, 1.807) is 0 Å². The van der Waals surface area contributed by atoms with E-state index in [9.17, 15) is 0 Å². The van der Waals surface area contributed by atoms with Gasteiger partial charge in [-0.05, 0) is 24.5 Å². The van der Waals surface area contributed by atoms with Crippen LogP contribution in [0, 0.1) is 5.92 Å². The van der Waals surface area contributed by atoms with Crippen LogP contribution in [0.2, 0.25) is 0 Å². The maximum atomic E-state index is 9.03. The second kappa shape index (κ2) is 4.36. The van der Waals surface area contributed by atoms with Gasteiger partial charge in [-0.2, -0.15) is 11.8 Å². The molecule has 0 spiro atoms. The van der Waals surface area contributed by atoms with Crippen LogP contribution in [-0.2, 0) is 0 Å². The third kappa shape index (κ3) is 3.04. The maximum Gasteiger partial charge on any atom is 0.0561 e. The third-order valence-electron chi connectivity index (χ3n) is 2.38. The van der Waals surface area contributed by atoms with E-state index in [0.717, 1.165) is 24.0 Å². The van der Waals surface area contributed by atoms with E-state index >= 15 is 0 Å². The number of thioether (sulfide) groups is 1. The highest BCUT2D eigenvalue weighted by Crippen LogP contribution is 2.32. The smallest absolute Gasteiger partial charge is 0.0561 e. The van der Waals surface area contributed by atoms with E-state index in [2.05, 4.69) is 13.8 Å². The first-order chi connectivity index (χ1) is 5.22. The Bertz CT molecular complexity index is 110. The minimum Gasteiger partial charge on any atom is -0.393 e. The summed E-state index contributed by atoms with van der Waals surface area (Å²) in [6.07, 6.45) is 3.36. The Balaban J connectivity index is 1.96. The average molecular weight is 174 g/mol. The predicted molar refractivity (Wildman–Crippen MR) is 50.9 cm³/mol. The first kappa shape index (κ1) is 9.40. The first-order valence-electron chi connectivity index (χ1n) is 4.52. The molecule has 0 aromatic carbocycles. The number of aliphatic hydroxyl groups excluding tert-OH is 1. The molecule has 1 aliphatic rings. The van der Waals surface area contributed by atoms with Crippen molar-refractivity contribution in [1.29, 1.82) is 0 Å². The van der Waals surface area contributed by atoms with E-state index in [1.807, 2.05) is 11.8 Å². The van der Waals surface area contributed by atoms with Crippen molar-refractivity contribution >= 4 is 11.8 Å². The van der Waals surface area contributed by atoms with Gasteiger partial charge in [-0.15, -0.1) is 0 Å². The molecular weight excluding hydrogens is 156 g/mol. The van der Waals surface area contributed by atoms with Crippen LogP contribution in [0.5, 0.6) is 0 Å². The topological polar surface area (TPSA) is 20.2 Å². The first-order valence-corrected chi connectivity index (χ1v) is 5.57. The highest BCUT2D eigenvalue weighted by Gasteiger charge is 2.27. The summed E-state index contributed by atoms with van der Waals surface area (Å²) in [6, 6.07) is 0. The Morgan fingerprint density at radius 1 is 1.55 bits per heavy atom. The molecule has 66 valence electrons. The molecular formula is C9H18OS. The largest absolute Gasteiger partial charge is 0.393 e. The SMILES string of the molecule is CC[C@H](C)CSC1CC(O)C1. The van der Waals surface area contributed by atoms with Crippen molar-refractivity contribution in [2.75, 3.05) is 5.75 Å². The molecule has 0 radical (unpaired) electrons. The minimum atomic E-state index is 0.0180. The van der Waals surface area contributed by atoms with Crippen molar-refractivity contribution in [1.82, 2.24) is 0 Å². The van der Waals surface area contributed by atoms with Crippen molar-refractivity contribution in [3.05, 3.63) is 0 Å².